The van der Waals surface area contributed by atoms with Crippen LogP contribution in [0.5, 0.6) is 0 Å². The van der Waals surface area contributed by atoms with Gasteiger partial charge in [0.1, 0.15) is 0 Å². The van der Waals surface area contributed by atoms with Crippen LogP contribution in [0.15, 0.2) is 0 Å². The average Bonchev–Trinajstić information content (AvgIpc) is 1.96. The van der Waals surface area contributed by atoms with E-state index in [0.717, 1.165) is 25.7 Å². The molecule has 0 saturated carbocycles. The van der Waals surface area contributed by atoms with Crippen molar-refractivity contribution in [1.82, 2.24) is 0 Å². The van der Waals surface area contributed by atoms with E-state index in [1.54, 1.807) is 0 Å². The summed E-state index contributed by atoms with van der Waals surface area (Å²) in [6.45, 7) is 0.237. The fraction of sp³-hybridized carbons (Fsp3) is 0.875. The van der Waals surface area contributed by atoms with Gasteiger partial charge in [-0.2, -0.15) is 0 Å². The summed E-state index contributed by atoms with van der Waals surface area (Å²) in [6.07, 6.45) is 4.61. The van der Waals surface area contributed by atoms with Gasteiger partial charge in [0.15, 0.2) is 0 Å². The number of carbonyl (C=O) groups excluding carboxylic acids is 1. The van der Waals surface area contributed by atoms with Crippen LogP contribution >= 0.6 is 0 Å². The van der Waals surface area contributed by atoms with E-state index in [-0.39, 0.29) is 42.6 Å². The van der Waals surface area contributed by atoms with Crippen LogP contribution in [-0.4, -0.2) is 17.7 Å². The second kappa shape index (κ2) is 11.4. The molecule has 0 unspecified atom stereocenters. The van der Waals surface area contributed by atoms with E-state index in [2.05, 4.69) is 0 Å². The molecule has 0 aliphatic rings. The van der Waals surface area contributed by atoms with Crippen molar-refractivity contribution in [3.8, 4) is 0 Å². The zero-order valence-corrected chi connectivity index (χ0v) is 9.71. The number of carboxylic acid groups (broad SMARTS) is 1. The van der Waals surface area contributed by atoms with E-state index in [0.29, 0.717) is 6.42 Å². The van der Waals surface area contributed by atoms with Crippen molar-refractivity contribution in [1.29, 1.82) is 0 Å². The summed E-state index contributed by atoms with van der Waals surface area (Å²) in [5.41, 5.74) is 0. The fourth-order valence-electron chi connectivity index (χ4n) is 0.911. The topological polar surface area (TPSA) is 60.4 Å². The number of unbranched alkanes of at least 4 members (excludes halogenated alkanes) is 4. The molecule has 0 saturated heterocycles. The van der Waals surface area contributed by atoms with E-state index in [9.17, 15) is 9.90 Å². The maximum atomic E-state index is 9.94. The molecule has 0 heterocycles. The van der Waals surface area contributed by atoms with Crippen LogP contribution in [0.1, 0.15) is 38.5 Å². The second-order valence-corrected chi connectivity index (χ2v) is 2.61. The van der Waals surface area contributed by atoms with Gasteiger partial charge in [-0.3, -0.25) is 0 Å². The molecule has 3 nitrogen and oxygen atoms in total. The van der Waals surface area contributed by atoms with Crippen molar-refractivity contribution in [3.63, 3.8) is 0 Å². The SMILES string of the molecule is O=C([O-])CCCCCCCO.[Na+]. The third-order valence-electron chi connectivity index (χ3n) is 1.54. The molecule has 0 aromatic heterocycles. The van der Waals surface area contributed by atoms with E-state index in [1.807, 2.05) is 0 Å². The molecule has 66 valence electrons. The van der Waals surface area contributed by atoms with Crippen LogP contribution < -0.4 is 34.7 Å². The van der Waals surface area contributed by atoms with Crippen molar-refractivity contribution in [2.24, 2.45) is 0 Å². The number of aliphatic carboxylic acids is 1. The third-order valence-corrected chi connectivity index (χ3v) is 1.54. The van der Waals surface area contributed by atoms with Gasteiger partial charge in [-0.25, -0.2) is 0 Å². The molecule has 0 amide bonds. The maximum Gasteiger partial charge on any atom is 1.00 e. The molecule has 0 bridgehead atoms. The van der Waals surface area contributed by atoms with Gasteiger partial charge in [0.25, 0.3) is 0 Å². The molecule has 4 heteroatoms. The second-order valence-electron chi connectivity index (χ2n) is 2.61. The molecule has 0 spiro atoms. The Bertz CT molecular complexity index is 106. The predicted octanol–water partition coefficient (Wildman–Crippen LogP) is -2.93. The maximum absolute atomic E-state index is 9.94. The van der Waals surface area contributed by atoms with E-state index in [1.165, 1.54) is 0 Å². The van der Waals surface area contributed by atoms with Gasteiger partial charge in [-0.1, -0.05) is 19.3 Å². The minimum Gasteiger partial charge on any atom is -0.550 e. The molecule has 0 aliphatic heterocycles. The van der Waals surface area contributed by atoms with Crippen LogP contribution in [-0.2, 0) is 4.79 Å². The molecule has 0 atom stereocenters. The smallest absolute Gasteiger partial charge is 0.550 e. The molecule has 1 N–H and O–H groups in total. The normalized spacial score (nSPS) is 9.08. The summed E-state index contributed by atoms with van der Waals surface area (Å²) in [4.78, 5) is 9.94. The number of aliphatic hydroxyl groups is 1. The van der Waals surface area contributed by atoms with E-state index in [4.69, 9.17) is 5.11 Å². The summed E-state index contributed by atoms with van der Waals surface area (Å²) in [5, 5.41) is 18.3. The Labute approximate surface area is 95.5 Å². The van der Waals surface area contributed by atoms with Crippen LogP contribution in [0.3, 0.4) is 0 Å². The Kier molecular flexibility index (Phi) is 14.2. The molecule has 0 radical (unpaired) electrons. The molecule has 12 heavy (non-hydrogen) atoms. The molecular weight excluding hydrogens is 167 g/mol. The quantitative estimate of drug-likeness (QED) is 0.339. The summed E-state index contributed by atoms with van der Waals surface area (Å²) >= 11 is 0. The molecule has 0 aromatic rings. The van der Waals surface area contributed by atoms with Gasteiger partial charge in [0.2, 0.25) is 0 Å². The third kappa shape index (κ3) is 13.1. The van der Waals surface area contributed by atoms with Crippen molar-refractivity contribution in [2.45, 2.75) is 38.5 Å². The Morgan fingerprint density at radius 3 is 2.08 bits per heavy atom. The van der Waals surface area contributed by atoms with Crippen molar-refractivity contribution >= 4 is 5.97 Å². The van der Waals surface area contributed by atoms with Crippen LogP contribution in [0.4, 0.5) is 0 Å². The van der Waals surface area contributed by atoms with E-state index < -0.39 is 5.97 Å². The van der Waals surface area contributed by atoms with Crippen molar-refractivity contribution < 1.29 is 44.6 Å². The standard InChI is InChI=1S/C8H16O3.Na/c9-7-5-3-1-2-4-6-8(10)11;/h9H,1-7H2,(H,10,11);/q;+1/p-1. The van der Waals surface area contributed by atoms with Gasteiger partial charge < -0.3 is 15.0 Å². The zero-order chi connectivity index (χ0) is 8.53. The first-order valence-corrected chi connectivity index (χ1v) is 4.08. The molecule has 0 fully saturated rings. The molecule has 0 aliphatic carbocycles. The summed E-state index contributed by atoms with van der Waals surface area (Å²) in [6, 6.07) is 0. The first-order valence-electron chi connectivity index (χ1n) is 4.08. The number of carbonyl (C=O) groups is 1. The predicted molar refractivity (Wildman–Crippen MR) is 39.8 cm³/mol. The van der Waals surface area contributed by atoms with Crippen LogP contribution in [0, 0.1) is 0 Å². The number of hydrogen-bond acceptors (Lipinski definition) is 3. The van der Waals surface area contributed by atoms with Gasteiger partial charge >= 0.3 is 29.6 Å². The number of rotatable bonds is 7. The summed E-state index contributed by atoms with van der Waals surface area (Å²) in [5.74, 6) is -0.966. The summed E-state index contributed by atoms with van der Waals surface area (Å²) < 4.78 is 0. The molecule has 0 rings (SSSR count). The first kappa shape index (κ1) is 14.9. The van der Waals surface area contributed by atoms with Crippen molar-refractivity contribution in [3.05, 3.63) is 0 Å². The van der Waals surface area contributed by atoms with Crippen LogP contribution in [0.2, 0.25) is 0 Å². The van der Waals surface area contributed by atoms with Gasteiger partial charge in [0.05, 0.1) is 0 Å². The zero-order valence-electron chi connectivity index (χ0n) is 7.71. The van der Waals surface area contributed by atoms with Crippen molar-refractivity contribution in [2.75, 3.05) is 6.61 Å². The molecular formula is C8H15NaO3. The monoisotopic (exact) mass is 182 g/mol. The van der Waals surface area contributed by atoms with Gasteiger partial charge in [-0.05, 0) is 19.3 Å². The molecule has 0 aromatic carbocycles. The Balaban J connectivity index is 0. The largest absolute Gasteiger partial charge is 1.00 e. The Morgan fingerprint density at radius 2 is 1.58 bits per heavy atom. The minimum atomic E-state index is -0.966. The average molecular weight is 182 g/mol. The van der Waals surface area contributed by atoms with Gasteiger partial charge in [0, 0.05) is 12.6 Å². The van der Waals surface area contributed by atoms with E-state index >= 15 is 0 Å². The number of aliphatic hydroxyl groups excluding tert-OH is 1. The van der Waals surface area contributed by atoms with Crippen LogP contribution in [0.25, 0.3) is 0 Å². The Morgan fingerprint density at radius 1 is 1.08 bits per heavy atom. The Hall–Kier alpha value is 0.430. The van der Waals surface area contributed by atoms with Gasteiger partial charge in [-0.15, -0.1) is 0 Å². The fourth-order valence-corrected chi connectivity index (χ4v) is 0.911. The first-order chi connectivity index (χ1) is 5.27. The number of hydrogen-bond donors (Lipinski definition) is 1. The number of carboxylic acids is 1. The minimum absolute atomic E-state index is 0. The summed E-state index contributed by atoms with van der Waals surface area (Å²) in [7, 11) is 0.